The van der Waals surface area contributed by atoms with Gasteiger partial charge in [-0.05, 0) is 11.1 Å². The van der Waals surface area contributed by atoms with Crippen LogP contribution in [0, 0.1) is 0 Å². The van der Waals surface area contributed by atoms with E-state index in [1.807, 2.05) is 30.3 Å². The molecule has 0 bridgehead atoms. The molecule has 0 unspecified atom stereocenters. The quantitative estimate of drug-likeness (QED) is 0.799. The van der Waals surface area contributed by atoms with Gasteiger partial charge in [-0.15, -0.1) is 0 Å². The summed E-state index contributed by atoms with van der Waals surface area (Å²) < 4.78 is 5.34. The molecule has 1 aliphatic rings. The zero-order valence-electron chi connectivity index (χ0n) is 11.5. The van der Waals surface area contributed by atoms with Gasteiger partial charge in [-0.25, -0.2) is 0 Å². The largest absolute Gasteiger partial charge is 0.339 e. The number of nitrogens with one attached hydrogen (secondary N) is 1. The number of rotatable bonds is 3. The summed E-state index contributed by atoms with van der Waals surface area (Å²) in [7, 11) is 0. The molecule has 1 fully saturated rings. The third-order valence-corrected chi connectivity index (χ3v) is 3.82. The topological polar surface area (TPSA) is 51.0 Å². The van der Waals surface area contributed by atoms with Crippen molar-refractivity contribution in [3.8, 4) is 22.5 Å². The molecule has 4 heteroatoms. The van der Waals surface area contributed by atoms with E-state index in [2.05, 4.69) is 39.7 Å². The molecule has 2 heterocycles. The molecule has 1 N–H and O–H groups in total. The van der Waals surface area contributed by atoms with Gasteiger partial charge in [-0.1, -0.05) is 59.8 Å². The molecule has 104 valence electrons. The minimum atomic E-state index is 0.370. The van der Waals surface area contributed by atoms with Crippen LogP contribution in [0.3, 0.4) is 0 Å². The van der Waals surface area contributed by atoms with Crippen molar-refractivity contribution in [1.82, 2.24) is 15.5 Å². The molecule has 4 nitrogen and oxygen atoms in total. The lowest BCUT2D eigenvalue weighted by Crippen LogP contribution is -2.40. The molecule has 2 aromatic carbocycles. The first-order valence-electron chi connectivity index (χ1n) is 7.10. The van der Waals surface area contributed by atoms with Crippen LogP contribution < -0.4 is 5.32 Å². The Morgan fingerprint density at radius 1 is 0.857 bits per heavy atom. The number of hydrogen-bond acceptors (Lipinski definition) is 4. The molecule has 1 aliphatic heterocycles. The third kappa shape index (κ3) is 2.34. The normalized spacial score (nSPS) is 14.9. The van der Waals surface area contributed by atoms with E-state index < -0.39 is 0 Å². The molecule has 0 radical (unpaired) electrons. The van der Waals surface area contributed by atoms with Gasteiger partial charge >= 0.3 is 0 Å². The minimum absolute atomic E-state index is 0.370. The Bertz CT molecular complexity index is 730. The van der Waals surface area contributed by atoms with Crippen molar-refractivity contribution < 1.29 is 4.52 Å². The average molecular weight is 277 g/mol. The molecule has 0 saturated carbocycles. The van der Waals surface area contributed by atoms with Gasteiger partial charge in [0, 0.05) is 18.7 Å². The fraction of sp³-hybridized carbons (Fsp3) is 0.176. The summed E-state index contributed by atoms with van der Waals surface area (Å²) in [6.07, 6.45) is 0. The fourth-order valence-corrected chi connectivity index (χ4v) is 2.42. The van der Waals surface area contributed by atoms with Gasteiger partial charge in [0.1, 0.15) is 0 Å². The monoisotopic (exact) mass is 277 g/mol. The summed E-state index contributed by atoms with van der Waals surface area (Å²) in [4.78, 5) is 4.49. The van der Waals surface area contributed by atoms with Crippen LogP contribution in [-0.2, 0) is 0 Å². The van der Waals surface area contributed by atoms with Crippen molar-refractivity contribution in [1.29, 1.82) is 0 Å². The SMILES string of the molecule is c1ccc(-c2ccc(-c3noc(C4CNC4)n3)cc2)cc1. The maximum absolute atomic E-state index is 5.34. The summed E-state index contributed by atoms with van der Waals surface area (Å²) in [5, 5.41) is 7.28. The number of benzene rings is 2. The van der Waals surface area contributed by atoms with Crippen LogP contribution in [0.4, 0.5) is 0 Å². The lowest BCUT2D eigenvalue weighted by Gasteiger charge is -2.22. The van der Waals surface area contributed by atoms with Gasteiger partial charge in [0.15, 0.2) is 0 Å². The van der Waals surface area contributed by atoms with Crippen LogP contribution in [0.5, 0.6) is 0 Å². The highest BCUT2D eigenvalue weighted by atomic mass is 16.5. The number of aromatic nitrogens is 2. The maximum Gasteiger partial charge on any atom is 0.232 e. The number of hydrogen-bond donors (Lipinski definition) is 1. The smallest absolute Gasteiger partial charge is 0.232 e. The fourth-order valence-electron chi connectivity index (χ4n) is 2.42. The van der Waals surface area contributed by atoms with E-state index in [1.54, 1.807) is 0 Å². The molecule has 0 spiro atoms. The highest BCUT2D eigenvalue weighted by Gasteiger charge is 2.25. The van der Waals surface area contributed by atoms with Crippen LogP contribution in [0.2, 0.25) is 0 Å². The first-order valence-corrected chi connectivity index (χ1v) is 7.10. The predicted octanol–water partition coefficient (Wildman–Crippen LogP) is 3.09. The second-order valence-corrected chi connectivity index (χ2v) is 5.25. The Kier molecular flexibility index (Phi) is 3.01. The summed E-state index contributed by atoms with van der Waals surface area (Å²) in [5.41, 5.74) is 3.38. The van der Waals surface area contributed by atoms with Gasteiger partial charge < -0.3 is 9.84 Å². The van der Waals surface area contributed by atoms with E-state index in [-0.39, 0.29) is 0 Å². The van der Waals surface area contributed by atoms with Gasteiger partial charge in [0.05, 0.1) is 5.92 Å². The molecule has 0 amide bonds. The highest BCUT2D eigenvalue weighted by Crippen LogP contribution is 2.25. The standard InChI is InChI=1S/C17H15N3O/c1-2-4-12(5-3-1)13-6-8-14(9-7-13)16-19-17(21-20-16)15-10-18-11-15/h1-9,15,18H,10-11H2. The van der Waals surface area contributed by atoms with Gasteiger partial charge in [0.2, 0.25) is 11.7 Å². The average Bonchev–Trinajstić information content (AvgIpc) is 2.96. The molecular formula is C17H15N3O. The van der Waals surface area contributed by atoms with E-state index in [0.29, 0.717) is 11.7 Å². The van der Waals surface area contributed by atoms with Gasteiger partial charge in [-0.2, -0.15) is 4.98 Å². The van der Waals surface area contributed by atoms with E-state index in [1.165, 1.54) is 11.1 Å². The second-order valence-electron chi connectivity index (χ2n) is 5.25. The lowest BCUT2D eigenvalue weighted by molar-refractivity contribution is 0.308. The van der Waals surface area contributed by atoms with Crippen molar-refractivity contribution >= 4 is 0 Å². The molecule has 3 aromatic rings. The zero-order chi connectivity index (χ0) is 14.1. The molecule has 1 aromatic heterocycles. The third-order valence-electron chi connectivity index (χ3n) is 3.82. The van der Waals surface area contributed by atoms with Crippen LogP contribution in [0.25, 0.3) is 22.5 Å². The van der Waals surface area contributed by atoms with E-state index >= 15 is 0 Å². The molecule has 21 heavy (non-hydrogen) atoms. The summed E-state index contributed by atoms with van der Waals surface area (Å²) in [5.74, 6) is 1.77. The van der Waals surface area contributed by atoms with Crippen molar-refractivity contribution in [3.63, 3.8) is 0 Å². The Morgan fingerprint density at radius 2 is 1.52 bits per heavy atom. The van der Waals surface area contributed by atoms with E-state index in [0.717, 1.165) is 24.5 Å². The van der Waals surface area contributed by atoms with Crippen molar-refractivity contribution in [2.75, 3.05) is 13.1 Å². The molecule has 4 rings (SSSR count). The molecule has 0 aliphatic carbocycles. The Hall–Kier alpha value is -2.46. The summed E-state index contributed by atoms with van der Waals surface area (Å²) in [6.45, 7) is 1.85. The Labute approximate surface area is 122 Å². The van der Waals surface area contributed by atoms with E-state index in [4.69, 9.17) is 4.52 Å². The first kappa shape index (κ1) is 12.3. The minimum Gasteiger partial charge on any atom is -0.339 e. The van der Waals surface area contributed by atoms with Crippen LogP contribution in [0.1, 0.15) is 11.8 Å². The maximum atomic E-state index is 5.34. The van der Waals surface area contributed by atoms with Crippen molar-refractivity contribution in [2.45, 2.75) is 5.92 Å². The molecule has 0 atom stereocenters. The van der Waals surface area contributed by atoms with Crippen LogP contribution in [0.15, 0.2) is 59.1 Å². The lowest BCUT2D eigenvalue weighted by atomic mass is 10.0. The summed E-state index contributed by atoms with van der Waals surface area (Å²) >= 11 is 0. The molecule has 1 saturated heterocycles. The van der Waals surface area contributed by atoms with Gasteiger partial charge in [-0.3, -0.25) is 0 Å². The Balaban J connectivity index is 1.60. The second kappa shape index (κ2) is 5.14. The molecular weight excluding hydrogens is 262 g/mol. The van der Waals surface area contributed by atoms with Crippen LogP contribution in [-0.4, -0.2) is 23.2 Å². The highest BCUT2D eigenvalue weighted by molar-refractivity contribution is 5.67. The predicted molar refractivity (Wildman–Crippen MR) is 80.8 cm³/mol. The van der Waals surface area contributed by atoms with Crippen molar-refractivity contribution in [2.24, 2.45) is 0 Å². The van der Waals surface area contributed by atoms with Gasteiger partial charge in [0.25, 0.3) is 0 Å². The zero-order valence-corrected chi connectivity index (χ0v) is 11.5. The van der Waals surface area contributed by atoms with Crippen molar-refractivity contribution in [3.05, 3.63) is 60.5 Å². The Morgan fingerprint density at radius 3 is 2.19 bits per heavy atom. The van der Waals surface area contributed by atoms with Crippen LogP contribution >= 0.6 is 0 Å². The first-order chi connectivity index (χ1) is 10.4. The van der Waals surface area contributed by atoms with E-state index in [9.17, 15) is 0 Å². The summed E-state index contributed by atoms with van der Waals surface area (Å²) in [6, 6.07) is 18.6. The number of nitrogens with zero attached hydrogens (tertiary/aromatic N) is 2.